The molecule has 2 aromatic rings. The van der Waals surface area contributed by atoms with E-state index in [0.717, 1.165) is 36.9 Å². The summed E-state index contributed by atoms with van der Waals surface area (Å²) in [5, 5.41) is 0. The Balaban J connectivity index is 1.67. The quantitative estimate of drug-likeness (QED) is 0.216. The summed E-state index contributed by atoms with van der Waals surface area (Å²) in [5.41, 5.74) is 2.45. The molecule has 0 amide bonds. The molecule has 4 heteroatoms. The maximum absolute atomic E-state index is 14.4. The van der Waals surface area contributed by atoms with Gasteiger partial charge in [-0.2, -0.15) is 0 Å². The van der Waals surface area contributed by atoms with E-state index in [9.17, 15) is 4.39 Å². The normalized spacial score (nSPS) is 11.1. The molecule has 0 unspecified atom stereocenters. The minimum absolute atomic E-state index is 0.316. The summed E-state index contributed by atoms with van der Waals surface area (Å²) in [7, 11) is 0. The highest BCUT2D eigenvalue weighted by Gasteiger charge is 2.08. The number of aromatic nitrogens is 2. The molecule has 0 saturated carbocycles. The molecule has 2 rings (SSSR count). The largest absolute Gasteiger partial charge is 0.491 e. The van der Waals surface area contributed by atoms with Crippen molar-refractivity contribution in [3.8, 4) is 17.0 Å². The van der Waals surface area contributed by atoms with Gasteiger partial charge in [-0.15, -0.1) is 0 Å². The third kappa shape index (κ3) is 10.6. The van der Waals surface area contributed by atoms with E-state index in [2.05, 4.69) is 23.8 Å². The molecule has 0 N–H and O–H groups in total. The molecule has 1 heterocycles. The molecule has 3 nitrogen and oxygen atoms in total. The number of halogens is 1. The molecule has 0 bridgehead atoms. The molecular weight excluding hydrogens is 399 g/mol. The van der Waals surface area contributed by atoms with Crippen LogP contribution in [0.3, 0.4) is 0 Å². The van der Waals surface area contributed by atoms with Crippen LogP contribution in [0.5, 0.6) is 5.75 Å². The standard InChI is InChI=1S/C28H43FN2O/c1-3-5-7-9-10-11-12-13-14-15-17-25-22-31-27(23-30-25)24-18-19-28(26(29)21-24)32-20-16-8-6-4-2/h18-19,21-23H,3-17,20H2,1-2H3. The number of ether oxygens (including phenoxy) is 1. The van der Waals surface area contributed by atoms with Crippen LogP contribution in [0.25, 0.3) is 11.3 Å². The molecule has 0 radical (unpaired) electrons. The fourth-order valence-electron chi connectivity index (χ4n) is 3.91. The van der Waals surface area contributed by atoms with E-state index in [0.29, 0.717) is 18.1 Å². The first-order chi connectivity index (χ1) is 15.7. The minimum Gasteiger partial charge on any atom is -0.491 e. The summed E-state index contributed by atoms with van der Waals surface area (Å²) >= 11 is 0. The number of hydrogen-bond donors (Lipinski definition) is 0. The Bertz CT molecular complexity index is 733. The first-order valence-electron chi connectivity index (χ1n) is 13.0. The SMILES string of the molecule is CCCCCCCCCCCCc1cnc(-c2ccc(OCCCCCC)c(F)c2)cn1. The fraction of sp³-hybridized carbons (Fsp3) is 0.643. The van der Waals surface area contributed by atoms with Gasteiger partial charge in [-0.3, -0.25) is 9.97 Å². The molecule has 0 spiro atoms. The van der Waals surface area contributed by atoms with Gasteiger partial charge in [0.05, 0.1) is 24.2 Å². The summed E-state index contributed by atoms with van der Waals surface area (Å²) in [5.74, 6) is -0.0231. The van der Waals surface area contributed by atoms with Gasteiger partial charge in [0.15, 0.2) is 11.6 Å². The maximum atomic E-state index is 14.4. The minimum atomic E-state index is -0.339. The molecule has 0 aliphatic rings. The van der Waals surface area contributed by atoms with Crippen LogP contribution < -0.4 is 4.74 Å². The van der Waals surface area contributed by atoms with Gasteiger partial charge in [0.1, 0.15) is 0 Å². The van der Waals surface area contributed by atoms with E-state index in [1.165, 1.54) is 76.7 Å². The molecule has 1 aromatic heterocycles. The number of unbranched alkanes of at least 4 members (excludes halogenated alkanes) is 12. The summed E-state index contributed by atoms with van der Waals surface area (Å²) in [4.78, 5) is 9.05. The van der Waals surface area contributed by atoms with E-state index < -0.39 is 0 Å². The van der Waals surface area contributed by atoms with Crippen molar-refractivity contribution in [3.05, 3.63) is 42.1 Å². The maximum Gasteiger partial charge on any atom is 0.165 e. The Labute approximate surface area is 195 Å². The Morgan fingerprint density at radius 1 is 0.719 bits per heavy atom. The van der Waals surface area contributed by atoms with Crippen molar-refractivity contribution < 1.29 is 9.13 Å². The van der Waals surface area contributed by atoms with Crippen LogP contribution in [0.1, 0.15) is 109 Å². The van der Waals surface area contributed by atoms with Crippen molar-refractivity contribution in [3.63, 3.8) is 0 Å². The van der Waals surface area contributed by atoms with Crippen LogP contribution in [0, 0.1) is 5.82 Å². The van der Waals surface area contributed by atoms with Crippen molar-refractivity contribution in [2.75, 3.05) is 6.61 Å². The third-order valence-corrected chi connectivity index (χ3v) is 5.97. The zero-order chi connectivity index (χ0) is 22.9. The van der Waals surface area contributed by atoms with Gasteiger partial charge in [-0.05, 0) is 37.5 Å². The van der Waals surface area contributed by atoms with Gasteiger partial charge < -0.3 is 4.74 Å². The van der Waals surface area contributed by atoms with Crippen molar-refractivity contribution in [2.45, 2.75) is 110 Å². The van der Waals surface area contributed by atoms with Gasteiger partial charge in [0, 0.05) is 11.8 Å². The first-order valence-corrected chi connectivity index (χ1v) is 13.0. The van der Waals surface area contributed by atoms with Crippen LogP contribution >= 0.6 is 0 Å². The topological polar surface area (TPSA) is 35.0 Å². The van der Waals surface area contributed by atoms with Gasteiger partial charge >= 0.3 is 0 Å². The van der Waals surface area contributed by atoms with Gasteiger partial charge in [0.25, 0.3) is 0 Å². The Hall–Kier alpha value is -1.97. The Kier molecular flexibility index (Phi) is 13.7. The van der Waals surface area contributed by atoms with Crippen LogP contribution in [0.2, 0.25) is 0 Å². The zero-order valence-corrected chi connectivity index (χ0v) is 20.4. The lowest BCUT2D eigenvalue weighted by molar-refractivity contribution is 0.290. The van der Waals surface area contributed by atoms with Gasteiger partial charge in [-0.25, -0.2) is 4.39 Å². The highest BCUT2D eigenvalue weighted by molar-refractivity contribution is 5.59. The van der Waals surface area contributed by atoms with Crippen LogP contribution in [-0.4, -0.2) is 16.6 Å². The molecular formula is C28H43FN2O. The predicted octanol–water partition coefficient (Wildman–Crippen LogP) is 8.71. The van der Waals surface area contributed by atoms with Gasteiger partial charge in [0.2, 0.25) is 0 Å². The zero-order valence-electron chi connectivity index (χ0n) is 20.4. The van der Waals surface area contributed by atoms with E-state index in [4.69, 9.17) is 4.74 Å². The molecule has 32 heavy (non-hydrogen) atoms. The Morgan fingerprint density at radius 3 is 1.94 bits per heavy atom. The summed E-state index contributed by atoms with van der Waals surface area (Å²) in [6, 6.07) is 5.05. The molecule has 0 aliphatic carbocycles. The smallest absolute Gasteiger partial charge is 0.165 e. The third-order valence-electron chi connectivity index (χ3n) is 5.97. The van der Waals surface area contributed by atoms with E-state index >= 15 is 0 Å². The molecule has 0 saturated heterocycles. The lowest BCUT2D eigenvalue weighted by Gasteiger charge is -2.09. The van der Waals surface area contributed by atoms with E-state index in [1.54, 1.807) is 12.3 Å². The summed E-state index contributed by atoms with van der Waals surface area (Å²) in [6.45, 7) is 5.00. The second-order valence-electron chi connectivity index (χ2n) is 8.88. The van der Waals surface area contributed by atoms with E-state index in [1.807, 2.05) is 12.3 Å². The molecule has 0 fully saturated rings. The lowest BCUT2D eigenvalue weighted by atomic mass is 10.1. The average Bonchev–Trinajstić information content (AvgIpc) is 2.81. The number of nitrogens with zero attached hydrogens (tertiary/aromatic N) is 2. The lowest BCUT2D eigenvalue weighted by Crippen LogP contribution is -2.00. The molecule has 178 valence electrons. The second kappa shape index (κ2) is 16.6. The van der Waals surface area contributed by atoms with Crippen molar-refractivity contribution in [2.24, 2.45) is 0 Å². The molecule has 1 aromatic carbocycles. The number of hydrogen-bond acceptors (Lipinski definition) is 3. The molecule has 0 aliphatic heterocycles. The first kappa shape index (κ1) is 26.3. The number of benzene rings is 1. The average molecular weight is 443 g/mol. The van der Waals surface area contributed by atoms with Gasteiger partial charge in [-0.1, -0.05) is 90.9 Å². The van der Waals surface area contributed by atoms with Crippen molar-refractivity contribution >= 4 is 0 Å². The second-order valence-corrected chi connectivity index (χ2v) is 8.88. The molecule has 0 atom stereocenters. The van der Waals surface area contributed by atoms with Crippen LogP contribution in [0.4, 0.5) is 4.39 Å². The van der Waals surface area contributed by atoms with Crippen molar-refractivity contribution in [1.29, 1.82) is 0 Å². The Morgan fingerprint density at radius 2 is 1.34 bits per heavy atom. The highest BCUT2D eigenvalue weighted by Crippen LogP contribution is 2.24. The van der Waals surface area contributed by atoms with E-state index in [-0.39, 0.29) is 5.82 Å². The summed E-state index contributed by atoms with van der Waals surface area (Å²) in [6.07, 6.45) is 22.3. The number of aryl methyl sites for hydroxylation is 1. The van der Waals surface area contributed by atoms with Crippen LogP contribution in [0.15, 0.2) is 30.6 Å². The van der Waals surface area contributed by atoms with Crippen molar-refractivity contribution in [1.82, 2.24) is 9.97 Å². The monoisotopic (exact) mass is 442 g/mol. The van der Waals surface area contributed by atoms with Crippen LogP contribution in [-0.2, 0) is 6.42 Å². The fourth-order valence-corrected chi connectivity index (χ4v) is 3.91. The number of rotatable bonds is 18. The predicted molar refractivity (Wildman–Crippen MR) is 133 cm³/mol. The highest BCUT2D eigenvalue weighted by atomic mass is 19.1. The summed E-state index contributed by atoms with van der Waals surface area (Å²) < 4.78 is 20.0.